The lowest BCUT2D eigenvalue weighted by molar-refractivity contribution is 0.0655. The van der Waals surface area contributed by atoms with Crippen LogP contribution in [0.2, 0.25) is 0 Å². The molecule has 2 fully saturated rings. The molecule has 2 nitrogen and oxygen atoms in total. The fraction of sp³-hybridized carbons (Fsp3) is 0.643. The van der Waals surface area contributed by atoms with Crippen molar-refractivity contribution in [3.63, 3.8) is 0 Å². The minimum Gasteiger partial charge on any atom is -0.381 e. The summed E-state index contributed by atoms with van der Waals surface area (Å²) in [5.74, 6) is -0.629. The van der Waals surface area contributed by atoms with Crippen molar-refractivity contribution in [3.05, 3.63) is 58.4 Å². The van der Waals surface area contributed by atoms with Crippen LogP contribution in [0, 0.1) is 23.5 Å². The van der Waals surface area contributed by atoms with Gasteiger partial charge in [0.25, 0.3) is 0 Å². The first-order valence-electron chi connectivity index (χ1n) is 12.6. The minimum atomic E-state index is -0.665. The Bertz CT molecular complexity index is 862. The topological polar surface area (TPSA) is 18.5 Å². The predicted octanol–water partition coefficient (Wildman–Crippen LogP) is 7.57. The van der Waals surface area contributed by atoms with Crippen molar-refractivity contribution >= 4 is 0 Å². The predicted molar refractivity (Wildman–Crippen MR) is 125 cm³/mol. The highest BCUT2D eigenvalue weighted by atomic mass is 19.2. The maximum Gasteiger partial charge on any atom is 0.162 e. The molecule has 4 rings (SSSR count). The molecule has 1 aromatic rings. The number of hydrogen-bond acceptors (Lipinski definition) is 2. The van der Waals surface area contributed by atoms with E-state index in [9.17, 15) is 13.2 Å². The minimum absolute atomic E-state index is 0.0814. The number of ether oxygens (including phenoxy) is 2. The number of benzene rings is 1. The first-order valence-corrected chi connectivity index (χ1v) is 12.6. The third kappa shape index (κ3) is 5.74. The Kier molecular flexibility index (Phi) is 8.34. The molecule has 0 N–H and O–H groups in total. The first-order chi connectivity index (χ1) is 16.0. The second-order valence-corrected chi connectivity index (χ2v) is 10.1. The molecule has 2 saturated carbocycles. The number of aryl methyl sites for hydroxylation is 1. The van der Waals surface area contributed by atoms with Gasteiger partial charge in [-0.25, -0.2) is 13.2 Å². The van der Waals surface area contributed by atoms with Crippen molar-refractivity contribution in [1.82, 2.24) is 0 Å². The van der Waals surface area contributed by atoms with Gasteiger partial charge in [0.05, 0.1) is 12.2 Å². The van der Waals surface area contributed by atoms with Crippen molar-refractivity contribution in [2.45, 2.75) is 88.8 Å². The van der Waals surface area contributed by atoms with Crippen LogP contribution in [0.5, 0.6) is 0 Å². The van der Waals surface area contributed by atoms with E-state index in [0.717, 1.165) is 69.8 Å². The highest BCUT2D eigenvalue weighted by molar-refractivity contribution is 5.33. The molecule has 0 aliphatic heterocycles. The van der Waals surface area contributed by atoms with Crippen LogP contribution in [-0.2, 0) is 15.9 Å². The van der Waals surface area contributed by atoms with Gasteiger partial charge in [-0.1, -0.05) is 18.2 Å². The van der Waals surface area contributed by atoms with E-state index in [1.165, 1.54) is 0 Å². The summed E-state index contributed by atoms with van der Waals surface area (Å²) in [5.41, 5.74) is 1.85. The summed E-state index contributed by atoms with van der Waals surface area (Å²) < 4.78 is 54.8. The van der Waals surface area contributed by atoms with Gasteiger partial charge in [0.2, 0.25) is 0 Å². The van der Waals surface area contributed by atoms with E-state index in [1.54, 1.807) is 32.4 Å². The van der Waals surface area contributed by atoms with Gasteiger partial charge in [-0.05, 0) is 111 Å². The highest BCUT2D eigenvalue weighted by Gasteiger charge is 2.29. The molecule has 0 aromatic heterocycles. The summed E-state index contributed by atoms with van der Waals surface area (Å²) in [6.45, 7) is 0. The standard InChI is InChI=1S/C28H37F3O2/c1-32-22-12-9-20(10-13-22)25-15-11-21(27(30)28(25)31)8-5-18-3-6-19(7-4-18)24-16-14-23(33-2)17-26(24)29/h11,15-20,22-23H,3-10,12-14H2,1-2H3. The normalized spacial score (nSPS) is 30.6. The number of rotatable bonds is 7. The van der Waals surface area contributed by atoms with Crippen LogP contribution in [0.15, 0.2) is 35.7 Å². The van der Waals surface area contributed by atoms with Gasteiger partial charge in [-0.15, -0.1) is 0 Å². The Morgan fingerprint density at radius 1 is 0.818 bits per heavy atom. The van der Waals surface area contributed by atoms with E-state index in [2.05, 4.69) is 0 Å². The third-order valence-electron chi connectivity index (χ3n) is 8.23. The molecule has 0 radical (unpaired) electrons. The van der Waals surface area contributed by atoms with Crippen LogP contribution < -0.4 is 0 Å². The average Bonchev–Trinajstić information content (AvgIpc) is 2.85. The van der Waals surface area contributed by atoms with Gasteiger partial charge in [-0.2, -0.15) is 0 Å². The molecule has 0 heterocycles. The van der Waals surface area contributed by atoms with E-state index in [4.69, 9.17) is 9.47 Å². The zero-order valence-corrected chi connectivity index (χ0v) is 19.9. The van der Waals surface area contributed by atoms with Crippen molar-refractivity contribution in [2.75, 3.05) is 14.2 Å². The van der Waals surface area contributed by atoms with Gasteiger partial charge in [0, 0.05) is 14.2 Å². The summed E-state index contributed by atoms with van der Waals surface area (Å²) >= 11 is 0. The molecule has 0 amide bonds. The Hall–Kier alpha value is -1.59. The third-order valence-corrected chi connectivity index (χ3v) is 8.23. The molecule has 182 valence electrons. The van der Waals surface area contributed by atoms with E-state index in [0.29, 0.717) is 23.5 Å². The van der Waals surface area contributed by atoms with Crippen molar-refractivity contribution in [1.29, 1.82) is 0 Å². The van der Waals surface area contributed by atoms with E-state index in [-0.39, 0.29) is 29.9 Å². The largest absolute Gasteiger partial charge is 0.381 e. The molecular weight excluding hydrogens is 425 g/mol. The zero-order valence-electron chi connectivity index (χ0n) is 19.9. The molecule has 0 saturated heterocycles. The summed E-state index contributed by atoms with van der Waals surface area (Å²) in [6.07, 6.45) is 13.2. The van der Waals surface area contributed by atoms with Crippen LogP contribution in [0.25, 0.3) is 0 Å². The zero-order chi connectivity index (χ0) is 23.4. The van der Waals surface area contributed by atoms with Crippen LogP contribution in [0.3, 0.4) is 0 Å². The van der Waals surface area contributed by atoms with E-state index >= 15 is 0 Å². The molecule has 5 heteroatoms. The van der Waals surface area contributed by atoms with Crippen molar-refractivity contribution in [2.24, 2.45) is 11.8 Å². The first kappa shape index (κ1) is 24.5. The summed E-state index contributed by atoms with van der Waals surface area (Å²) in [6, 6.07) is 3.60. The lowest BCUT2D eigenvalue weighted by Gasteiger charge is -2.31. The molecular formula is C28H37F3O2. The Labute approximate surface area is 196 Å². The van der Waals surface area contributed by atoms with Crippen molar-refractivity contribution < 1.29 is 22.6 Å². The summed E-state index contributed by atoms with van der Waals surface area (Å²) in [4.78, 5) is 0. The summed E-state index contributed by atoms with van der Waals surface area (Å²) in [5, 5.41) is 0. The average molecular weight is 463 g/mol. The van der Waals surface area contributed by atoms with E-state index < -0.39 is 11.6 Å². The van der Waals surface area contributed by atoms with Crippen LogP contribution in [0.4, 0.5) is 13.2 Å². The van der Waals surface area contributed by atoms with Crippen LogP contribution >= 0.6 is 0 Å². The molecule has 3 aliphatic rings. The number of methoxy groups -OCH3 is 2. The lowest BCUT2D eigenvalue weighted by atomic mass is 9.75. The molecule has 1 unspecified atom stereocenters. The summed E-state index contributed by atoms with van der Waals surface area (Å²) in [7, 11) is 3.32. The fourth-order valence-corrected chi connectivity index (χ4v) is 6.04. The highest BCUT2D eigenvalue weighted by Crippen LogP contribution is 2.40. The SMILES string of the molecule is COC1C=C(F)C(C2CCC(CCc3ccc(C4CCC(OC)CC4)c(F)c3F)CC2)=CC1. The Morgan fingerprint density at radius 2 is 1.52 bits per heavy atom. The Morgan fingerprint density at radius 3 is 2.15 bits per heavy atom. The van der Waals surface area contributed by atoms with E-state index in [1.807, 2.05) is 6.08 Å². The monoisotopic (exact) mass is 462 g/mol. The van der Waals surface area contributed by atoms with Gasteiger partial charge in [0.15, 0.2) is 11.6 Å². The van der Waals surface area contributed by atoms with Gasteiger partial charge >= 0.3 is 0 Å². The lowest BCUT2D eigenvalue weighted by Crippen LogP contribution is -2.20. The van der Waals surface area contributed by atoms with Crippen LogP contribution in [0.1, 0.15) is 81.3 Å². The fourth-order valence-electron chi connectivity index (χ4n) is 6.04. The number of halogens is 3. The number of hydrogen-bond donors (Lipinski definition) is 0. The molecule has 1 aromatic carbocycles. The van der Waals surface area contributed by atoms with Gasteiger partial charge < -0.3 is 9.47 Å². The maximum atomic E-state index is 14.9. The number of allylic oxidation sites excluding steroid dienone is 2. The Balaban J connectivity index is 1.28. The molecule has 0 bridgehead atoms. The maximum absolute atomic E-state index is 14.9. The molecule has 33 heavy (non-hydrogen) atoms. The van der Waals surface area contributed by atoms with Crippen molar-refractivity contribution in [3.8, 4) is 0 Å². The quantitative estimate of drug-likeness (QED) is 0.416. The van der Waals surface area contributed by atoms with Gasteiger partial charge in [0.1, 0.15) is 5.83 Å². The second-order valence-electron chi connectivity index (χ2n) is 10.1. The molecule has 0 spiro atoms. The van der Waals surface area contributed by atoms with Crippen LogP contribution in [-0.4, -0.2) is 26.4 Å². The van der Waals surface area contributed by atoms with Gasteiger partial charge in [-0.3, -0.25) is 0 Å². The smallest absolute Gasteiger partial charge is 0.162 e. The molecule has 1 atom stereocenters. The second kappa shape index (κ2) is 11.2. The molecule has 3 aliphatic carbocycles.